The van der Waals surface area contributed by atoms with Crippen LogP contribution in [0.25, 0.3) is 16.6 Å². The molecule has 1 N–H and O–H groups in total. The van der Waals surface area contributed by atoms with Crippen LogP contribution in [0.1, 0.15) is 44.0 Å². The maximum Gasteiger partial charge on any atom is 0.350 e. The standard InChI is InChI=1S/C28H27N5O3S2/c1-16-12-18(3)24-21(13-16)17(2)14-22-31-32-28(33(22)24)37-11-10-23(34)30-27-29-19(4)25(38-27)26(35)36-15-20-8-6-5-7-9-20/h5-9,12-14H,10-11,15H2,1-4H3,(H,29,30,34). The number of amides is 1. The normalized spacial score (nSPS) is 11.3. The Morgan fingerprint density at radius 1 is 1.03 bits per heavy atom. The summed E-state index contributed by atoms with van der Waals surface area (Å²) in [4.78, 5) is 29.9. The van der Waals surface area contributed by atoms with E-state index in [1.807, 2.05) is 36.4 Å². The minimum atomic E-state index is -0.452. The summed E-state index contributed by atoms with van der Waals surface area (Å²) in [6.45, 7) is 8.19. The van der Waals surface area contributed by atoms with Crippen LogP contribution in [0.4, 0.5) is 5.13 Å². The number of nitrogens with one attached hydrogen (secondary N) is 1. The number of hydrogen-bond acceptors (Lipinski definition) is 8. The molecule has 0 atom stereocenters. The second-order valence-electron chi connectivity index (χ2n) is 9.12. The van der Waals surface area contributed by atoms with Gasteiger partial charge in [0.05, 0.1) is 11.2 Å². The van der Waals surface area contributed by atoms with Gasteiger partial charge in [0.1, 0.15) is 11.5 Å². The van der Waals surface area contributed by atoms with E-state index in [4.69, 9.17) is 4.74 Å². The van der Waals surface area contributed by atoms with Crippen molar-refractivity contribution >= 4 is 56.7 Å². The van der Waals surface area contributed by atoms with Crippen LogP contribution in [0.2, 0.25) is 0 Å². The summed E-state index contributed by atoms with van der Waals surface area (Å²) in [7, 11) is 0. The van der Waals surface area contributed by atoms with Crippen molar-refractivity contribution < 1.29 is 14.3 Å². The molecule has 0 unspecified atom stereocenters. The first-order chi connectivity index (χ1) is 18.3. The lowest BCUT2D eigenvalue weighted by molar-refractivity contribution is -0.115. The smallest absolute Gasteiger partial charge is 0.350 e. The molecule has 2 aromatic carbocycles. The summed E-state index contributed by atoms with van der Waals surface area (Å²) < 4.78 is 7.47. The average molecular weight is 546 g/mol. The molecule has 0 aliphatic heterocycles. The highest BCUT2D eigenvalue weighted by molar-refractivity contribution is 7.99. The highest BCUT2D eigenvalue weighted by atomic mass is 32.2. The predicted molar refractivity (Wildman–Crippen MR) is 151 cm³/mol. The molecule has 38 heavy (non-hydrogen) atoms. The summed E-state index contributed by atoms with van der Waals surface area (Å²) >= 11 is 2.60. The number of aryl methyl sites for hydroxylation is 4. The van der Waals surface area contributed by atoms with Crippen molar-refractivity contribution in [1.82, 2.24) is 19.6 Å². The van der Waals surface area contributed by atoms with Crippen LogP contribution in [0.15, 0.2) is 53.7 Å². The second kappa shape index (κ2) is 10.9. The number of nitrogens with zero attached hydrogens (tertiary/aromatic N) is 4. The van der Waals surface area contributed by atoms with Crippen molar-refractivity contribution in [1.29, 1.82) is 0 Å². The van der Waals surface area contributed by atoms with Gasteiger partial charge in [-0.25, -0.2) is 9.78 Å². The number of carbonyl (C=O) groups excluding carboxylic acids is 2. The lowest BCUT2D eigenvalue weighted by Gasteiger charge is -2.11. The Labute approximate surface area is 228 Å². The lowest BCUT2D eigenvalue weighted by atomic mass is 10.0. The van der Waals surface area contributed by atoms with Gasteiger partial charge in [0.2, 0.25) is 5.91 Å². The van der Waals surface area contributed by atoms with Gasteiger partial charge in [-0.05, 0) is 56.5 Å². The summed E-state index contributed by atoms with van der Waals surface area (Å²) in [5.41, 5.74) is 6.84. The third kappa shape index (κ3) is 5.41. The van der Waals surface area contributed by atoms with Gasteiger partial charge in [0.25, 0.3) is 0 Å². The van der Waals surface area contributed by atoms with E-state index in [9.17, 15) is 9.59 Å². The first-order valence-electron chi connectivity index (χ1n) is 12.2. The van der Waals surface area contributed by atoms with Crippen LogP contribution < -0.4 is 5.32 Å². The largest absolute Gasteiger partial charge is 0.457 e. The number of pyridine rings is 1. The molecular weight excluding hydrogens is 518 g/mol. The van der Waals surface area contributed by atoms with E-state index in [-0.39, 0.29) is 18.9 Å². The minimum Gasteiger partial charge on any atom is -0.457 e. The number of benzene rings is 2. The van der Waals surface area contributed by atoms with Crippen molar-refractivity contribution in [2.75, 3.05) is 11.1 Å². The molecule has 3 aromatic heterocycles. The van der Waals surface area contributed by atoms with Crippen molar-refractivity contribution in [2.24, 2.45) is 0 Å². The molecule has 0 fully saturated rings. The zero-order valence-electron chi connectivity index (χ0n) is 21.6. The third-order valence-corrected chi connectivity index (χ3v) is 8.08. The van der Waals surface area contributed by atoms with Gasteiger partial charge in [-0.3, -0.25) is 9.20 Å². The van der Waals surface area contributed by atoms with Gasteiger partial charge in [-0.1, -0.05) is 65.1 Å². The number of esters is 1. The fraction of sp³-hybridized carbons (Fsp3) is 0.250. The fourth-order valence-corrected chi connectivity index (χ4v) is 6.11. The van der Waals surface area contributed by atoms with Crippen LogP contribution >= 0.6 is 23.1 Å². The van der Waals surface area contributed by atoms with E-state index < -0.39 is 5.97 Å². The Kier molecular flexibility index (Phi) is 7.44. The van der Waals surface area contributed by atoms with Gasteiger partial charge in [-0.15, -0.1) is 10.2 Å². The number of anilines is 1. The molecule has 0 spiro atoms. The molecule has 3 heterocycles. The maximum absolute atomic E-state index is 12.6. The van der Waals surface area contributed by atoms with E-state index in [0.29, 0.717) is 21.5 Å². The van der Waals surface area contributed by atoms with Crippen LogP contribution in [0.5, 0.6) is 0 Å². The van der Waals surface area contributed by atoms with Crippen LogP contribution in [0.3, 0.4) is 0 Å². The Morgan fingerprint density at radius 2 is 1.82 bits per heavy atom. The molecule has 10 heteroatoms. The number of hydrogen-bond donors (Lipinski definition) is 1. The molecule has 0 saturated heterocycles. The Hall–Kier alpha value is -3.76. The SMILES string of the molecule is Cc1cc(C)c2c(c1)c(C)cc1nnc(SCCC(=O)Nc3nc(C)c(C(=O)OCc4ccccc4)s3)n12. The molecule has 0 bridgehead atoms. The molecule has 0 aliphatic carbocycles. The number of aromatic nitrogens is 4. The Balaban J connectivity index is 1.21. The first kappa shape index (κ1) is 25.9. The summed E-state index contributed by atoms with van der Waals surface area (Å²) in [6, 6.07) is 15.9. The molecule has 0 radical (unpaired) electrons. The summed E-state index contributed by atoms with van der Waals surface area (Å²) in [5.74, 6) is -0.119. The highest BCUT2D eigenvalue weighted by Crippen LogP contribution is 2.29. The fourth-order valence-electron chi connectivity index (χ4n) is 4.35. The predicted octanol–water partition coefficient (Wildman–Crippen LogP) is 6.05. The van der Waals surface area contributed by atoms with Gasteiger partial charge >= 0.3 is 5.97 Å². The monoisotopic (exact) mass is 545 g/mol. The van der Waals surface area contributed by atoms with Gasteiger partial charge in [-0.2, -0.15) is 0 Å². The Bertz CT molecular complexity index is 1660. The maximum atomic E-state index is 12.6. The topological polar surface area (TPSA) is 98.5 Å². The van der Waals surface area contributed by atoms with Crippen LogP contribution in [0, 0.1) is 27.7 Å². The van der Waals surface area contributed by atoms with Crippen molar-refractivity contribution in [3.8, 4) is 0 Å². The van der Waals surface area contributed by atoms with E-state index in [1.54, 1.807) is 6.92 Å². The van der Waals surface area contributed by atoms with E-state index in [1.165, 1.54) is 22.7 Å². The van der Waals surface area contributed by atoms with E-state index >= 15 is 0 Å². The molecular formula is C28H27N5O3S2. The quantitative estimate of drug-likeness (QED) is 0.187. The number of thioether (sulfide) groups is 1. The molecule has 0 aliphatic rings. The zero-order chi connectivity index (χ0) is 26.8. The summed E-state index contributed by atoms with van der Waals surface area (Å²) in [5, 5.41) is 13.9. The molecule has 8 nitrogen and oxygen atoms in total. The van der Waals surface area contributed by atoms with Crippen LogP contribution in [-0.4, -0.2) is 37.2 Å². The van der Waals surface area contributed by atoms with Gasteiger partial charge in [0.15, 0.2) is 15.9 Å². The van der Waals surface area contributed by atoms with Crippen molar-refractivity contribution in [2.45, 2.75) is 45.9 Å². The second-order valence-corrected chi connectivity index (χ2v) is 11.2. The molecule has 194 valence electrons. The number of carbonyl (C=O) groups is 2. The van der Waals surface area contributed by atoms with E-state index in [2.05, 4.69) is 57.8 Å². The molecule has 1 amide bonds. The Morgan fingerprint density at radius 3 is 2.61 bits per heavy atom. The first-order valence-corrected chi connectivity index (χ1v) is 14.0. The summed E-state index contributed by atoms with van der Waals surface area (Å²) in [6.07, 6.45) is 0.258. The van der Waals surface area contributed by atoms with Crippen molar-refractivity contribution in [3.05, 3.63) is 81.4 Å². The molecule has 5 rings (SSSR count). The number of rotatable bonds is 8. The third-order valence-electron chi connectivity index (χ3n) is 6.10. The van der Waals surface area contributed by atoms with Crippen LogP contribution in [-0.2, 0) is 16.1 Å². The minimum absolute atomic E-state index is 0.182. The number of fused-ring (bicyclic) bond motifs is 3. The lowest BCUT2D eigenvalue weighted by Crippen LogP contribution is -2.12. The average Bonchev–Trinajstić information content (AvgIpc) is 3.45. The highest BCUT2D eigenvalue weighted by Gasteiger charge is 2.19. The number of ether oxygens (including phenoxy) is 1. The van der Waals surface area contributed by atoms with Gasteiger partial charge in [0, 0.05) is 17.6 Å². The zero-order valence-corrected chi connectivity index (χ0v) is 23.2. The number of thiazole rings is 1. The van der Waals surface area contributed by atoms with Gasteiger partial charge < -0.3 is 10.1 Å². The van der Waals surface area contributed by atoms with Crippen molar-refractivity contribution in [3.63, 3.8) is 0 Å². The molecule has 5 aromatic rings. The molecule has 0 saturated carbocycles. The van der Waals surface area contributed by atoms with E-state index in [0.717, 1.165) is 44.3 Å².